The van der Waals surface area contributed by atoms with Gasteiger partial charge < -0.3 is 4.74 Å². The number of rotatable bonds is 3. The molecular formula is C12H12BrNOS2. The first-order valence-electron chi connectivity index (χ1n) is 5.06. The van der Waals surface area contributed by atoms with Gasteiger partial charge in [-0.2, -0.15) is 12.6 Å². The van der Waals surface area contributed by atoms with Gasteiger partial charge in [0.2, 0.25) is 0 Å². The molecule has 0 amide bonds. The summed E-state index contributed by atoms with van der Waals surface area (Å²) in [7, 11) is 1.67. The maximum Gasteiger partial charge on any atom is 0.129 e. The number of methoxy groups -OCH3 is 1. The summed E-state index contributed by atoms with van der Waals surface area (Å²) >= 11 is 9.44. The molecule has 2 aromatic rings. The van der Waals surface area contributed by atoms with Gasteiger partial charge in [-0.3, -0.25) is 0 Å². The maximum atomic E-state index is 5.36. The highest BCUT2D eigenvalue weighted by atomic mass is 79.9. The summed E-state index contributed by atoms with van der Waals surface area (Å²) in [5.41, 5.74) is 2.06. The van der Waals surface area contributed by atoms with E-state index in [1.54, 1.807) is 18.4 Å². The first-order chi connectivity index (χ1) is 8.15. The zero-order valence-corrected chi connectivity index (χ0v) is 12.8. The molecule has 17 heavy (non-hydrogen) atoms. The molecule has 0 fully saturated rings. The lowest BCUT2D eigenvalue weighted by Gasteiger charge is -2.05. The largest absolute Gasteiger partial charge is 0.496 e. The van der Waals surface area contributed by atoms with Crippen molar-refractivity contribution in [3.05, 3.63) is 33.2 Å². The summed E-state index contributed by atoms with van der Waals surface area (Å²) in [6, 6.07) is 5.93. The van der Waals surface area contributed by atoms with E-state index >= 15 is 0 Å². The second-order valence-corrected chi connectivity index (χ2v) is 5.85. The Bertz CT molecular complexity index is 539. The lowest BCUT2D eigenvalue weighted by Crippen LogP contribution is -1.87. The monoisotopic (exact) mass is 329 g/mol. The number of hydrogen-bond acceptors (Lipinski definition) is 4. The molecule has 0 aliphatic carbocycles. The number of benzene rings is 1. The minimum absolute atomic E-state index is 0.722. The highest BCUT2D eigenvalue weighted by molar-refractivity contribution is 9.10. The standard InChI is InChI=1S/C12H12BrNOS2/c1-7-11(6-16)17-12(14-7)9-5-8(13)3-4-10(9)15-2/h3-5,16H,6H2,1-2H3. The third-order valence-corrected chi connectivity index (χ3v) is 4.64. The van der Waals surface area contributed by atoms with E-state index in [-0.39, 0.29) is 0 Å². The summed E-state index contributed by atoms with van der Waals surface area (Å²) < 4.78 is 6.39. The third kappa shape index (κ3) is 2.67. The number of thiazole rings is 1. The van der Waals surface area contributed by atoms with E-state index in [9.17, 15) is 0 Å². The van der Waals surface area contributed by atoms with Gasteiger partial charge in [0.05, 0.1) is 18.4 Å². The first-order valence-corrected chi connectivity index (χ1v) is 7.31. The van der Waals surface area contributed by atoms with E-state index in [2.05, 4.69) is 33.5 Å². The number of ether oxygens (including phenoxy) is 1. The normalized spacial score (nSPS) is 10.6. The average Bonchev–Trinajstić information content (AvgIpc) is 2.70. The van der Waals surface area contributed by atoms with Crippen molar-refractivity contribution < 1.29 is 4.74 Å². The van der Waals surface area contributed by atoms with Crippen LogP contribution in [-0.4, -0.2) is 12.1 Å². The second-order valence-electron chi connectivity index (χ2n) is 3.53. The van der Waals surface area contributed by atoms with Gasteiger partial charge in [-0.05, 0) is 25.1 Å². The lowest BCUT2D eigenvalue weighted by molar-refractivity contribution is 0.416. The zero-order valence-electron chi connectivity index (χ0n) is 9.53. The van der Waals surface area contributed by atoms with Crippen molar-refractivity contribution >= 4 is 39.9 Å². The van der Waals surface area contributed by atoms with Crippen LogP contribution in [0.5, 0.6) is 5.75 Å². The molecule has 0 radical (unpaired) electrons. The van der Waals surface area contributed by atoms with Crippen molar-refractivity contribution in [1.29, 1.82) is 0 Å². The van der Waals surface area contributed by atoms with Crippen molar-refractivity contribution in [1.82, 2.24) is 4.98 Å². The van der Waals surface area contributed by atoms with Gasteiger partial charge in [0.25, 0.3) is 0 Å². The van der Waals surface area contributed by atoms with Gasteiger partial charge in [-0.15, -0.1) is 11.3 Å². The van der Waals surface area contributed by atoms with E-state index in [0.717, 1.165) is 32.2 Å². The third-order valence-electron chi connectivity index (χ3n) is 2.43. The second kappa shape index (κ2) is 5.42. The number of thiol groups is 1. The van der Waals surface area contributed by atoms with Gasteiger partial charge in [0, 0.05) is 15.1 Å². The van der Waals surface area contributed by atoms with Crippen LogP contribution in [0.4, 0.5) is 0 Å². The van der Waals surface area contributed by atoms with Crippen molar-refractivity contribution in [2.45, 2.75) is 12.7 Å². The van der Waals surface area contributed by atoms with Crippen molar-refractivity contribution in [2.75, 3.05) is 7.11 Å². The molecule has 0 saturated carbocycles. The Hall–Kier alpha value is -0.520. The van der Waals surface area contributed by atoms with E-state index in [1.807, 2.05) is 25.1 Å². The van der Waals surface area contributed by atoms with Crippen LogP contribution in [0.2, 0.25) is 0 Å². The minimum atomic E-state index is 0.722. The molecule has 1 aromatic heterocycles. The fourth-order valence-corrected chi connectivity index (χ4v) is 3.26. The summed E-state index contributed by atoms with van der Waals surface area (Å²) in [5.74, 6) is 1.56. The molecule has 5 heteroatoms. The highest BCUT2D eigenvalue weighted by Crippen LogP contribution is 2.36. The van der Waals surface area contributed by atoms with Crippen molar-refractivity contribution in [2.24, 2.45) is 0 Å². The Morgan fingerprint density at radius 2 is 2.24 bits per heavy atom. The van der Waals surface area contributed by atoms with E-state index in [1.165, 1.54) is 4.88 Å². The summed E-state index contributed by atoms with van der Waals surface area (Å²) in [6.45, 7) is 2.01. The molecule has 0 aliphatic rings. The van der Waals surface area contributed by atoms with Gasteiger partial charge in [0.1, 0.15) is 10.8 Å². The number of nitrogens with zero attached hydrogens (tertiary/aromatic N) is 1. The van der Waals surface area contributed by atoms with Gasteiger partial charge in [-0.1, -0.05) is 15.9 Å². The molecule has 0 aliphatic heterocycles. The first kappa shape index (κ1) is 12.9. The fraction of sp³-hybridized carbons (Fsp3) is 0.250. The molecule has 0 atom stereocenters. The van der Waals surface area contributed by atoms with Crippen LogP contribution in [0.15, 0.2) is 22.7 Å². The van der Waals surface area contributed by atoms with Crippen LogP contribution in [0.25, 0.3) is 10.6 Å². The molecule has 2 rings (SSSR count). The number of hydrogen-bond donors (Lipinski definition) is 1. The van der Waals surface area contributed by atoms with E-state index in [0.29, 0.717) is 0 Å². The fourth-order valence-electron chi connectivity index (χ4n) is 1.54. The lowest BCUT2D eigenvalue weighted by atomic mass is 10.2. The molecule has 0 spiro atoms. The molecule has 90 valence electrons. The van der Waals surface area contributed by atoms with Crippen LogP contribution in [0.3, 0.4) is 0 Å². The highest BCUT2D eigenvalue weighted by Gasteiger charge is 2.13. The molecular weight excluding hydrogens is 318 g/mol. The molecule has 0 unspecified atom stereocenters. The molecule has 1 aromatic carbocycles. The van der Waals surface area contributed by atoms with Crippen LogP contribution >= 0.6 is 39.9 Å². The zero-order chi connectivity index (χ0) is 12.4. The molecule has 0 bridgehead atoms. The SMILES string of the molecule is COc1ccc(Br)cc1-c1nc(C)c(CS)s1. The molecule has 1 heterocycles. The maximum absolute atomic E-state index is 5.36. The van der Waals surface area contributed by atoms with Gasteiger partial charge in [-0.25, -0.2) is 4.98 Å². The number of halogens is 1. The van der Waals surface area contributed by atoms with E-state index in [4.69, 9.17) is 4.74 Å². The van der Waals surface area contributed by atoms with Crippen molar-refractivity contribution in [3.8, 4) is 16.3 Å². The molecule has 0 saturated heterocycles. The quantitative estimate of drug-likeness (QED) is 0.847. The Labute approximate surface area is 119 Å². The minimum Gasteiger partial charge on any atom is -0.496 e. The van der Waals surface area contributed by atoms with Gasteiger partial charge in [0.15, 0.2) is 0 Å². The Kier molecular flexibility index (Phi) is 4.12. The number of aryl methyl sites for hydroxylation is 1. The number of aromatic nitrogens is 1. The van der Waals surface area contributed by atoms with E-state index < -0.39 is 0 Å². The topological polar surface area (TPSA) is 22.1 Å². The smallest absolute Gasteiger partial charge is 0.129 e. The Balaban J connectivity index is 2.54. The van der Waals surface area contributed by atoms with Gasteiger partial charge >= 0.3 is 0 Å². The summed E-state index contributed by atoms with van der Waals surface area (Å²) in [6.07, 6.45) is 0. The average molecular weight is 330 g/mol. The van der Waals surface area contributed by atoms with Crippen LogP contribution in [0, 0.1) is 6.92 Å². The predicted molar refractivity (Wildman–Crippen MR) is 79.2 cm³/mol. The van der Waals surface area contributed by atoms with Crippen LogP contribution in [-0.2, 0) is 5.75 Å². The molecule has 0 N–H and O–H groups in total. The van der Waals surface area contributed by atoms with Crippen LogP contribution < -0.4 is 4.74 Å². The Morgan fingerprint density at radius 3 is 2.82 bits per heavy atom. The summed E-state index contributed by atoms with van der Waals surface area (Å²) in [4.78, 5) is 5.77. The van der Waals surface area contributed by atoms with Crippen molar-refractivity contribution in [3.63, 3.8) is 0 Å². The predicted octanol–water partition coefficient (Wildman–Crippen LogP) is 4.32. The Morgan fingerprint density at radius 1 is 1.47 bits per heavy atom. The summed E-state index contributed by atoms with van der Waals surface area (Å²) in [5, 5.41) is 0.977. The van der Waals surface area contributed by atoms with Crippen LogP contribution in [0.1, 0.15) is 10.6 Å². The molecule has 2 nitrogen and oxygen atoms in total.